The van der Waals surface area contributed by atoms with Gasteiger partial charge in [-0.3, -0.25) is 9.69 Å². The number of hydrogen-bond acceptors (Lipinski definition) is 8. The molecule has 6 rings (SSSR count). The molecule has 2 amide bonds. The molecule has 1 aromatic heterocycles. The second-order valence-electron chi connectivity index (χ2n) is 11.4. The highest BCUT2D eigenvalue weighted by atomic mass is 16.7. The van der Waals surface area contributed by atoms with Crippen LogP contribution in [0.1, 0.15) is 73.0 Å². The van der Waals surface area contributed by atoms with E-state index in [1.807, 2.05) is 68.4 Å². The Bertz CT molecular complexity index is 1350. The number of amides is 2. The predicted molar refractivity (Wildman–Crippen MR) is 169 cm³/mol. The molecule has 3 saturated heterocycles. The smallest absolute Gasteiger partial charge is 0.408 e. The van der Waals surface area contributed by atoms with Gasteiger partial charge in [-0.05, 0) is 87.5 Å². The van der Waals surface area contributed by atoms with Crippen molar-refractivity contribution in [2.24, 2.45) is 5.92 Å². The van der Waals surface area contributed by atoms with Crippen molar-refractivity contribution in [3.63, 3.8) is 0 Å². The molecule has 0 aliphatic carbocycles. The molecule has 3 fully saturated rings. The molecule has 0 radical (unpaired) electrons. The van der Waals surface area contributed by atoms with Crippen LogP contribution in [0.4, 0.5) is 4.79 Å². The number of hydrogen-bond donors (Lipinski definition) is 2. The molecule has 2 aromatic carbocycles. The zero-order valence-corrected chi connectivity index (χ0v) is 26.2. The van der Waals surface area contributed by atoms with Gasteiger partial charge in [-0.15, -0.1) is 0 Å². The molecule has 2 atom stereocenters. The van der Waals surface area contributed by atoms with E-state index in [0.29, 0.717) is 43.6 Å². The van der Waals surface area contributed by atoms with Gasteiger partial charge in [0.2, 0.25) is 0 Å². The highest BCUT2D eigenvalue weighted by molar-refractivity contribution is 5.91. The molecule has 3 aliphatic rings. The SMILES string of the molecule is CCOC(CCCNC(=O)c1ccc(COc2cccc(C(NC(=O)OC3CN4CCC3CC4)c3ccccc3)c2)o1)OCC. The van der Waals surface area contributed by atoms with E-state index in [9.17, 15) is 9.59 Å². The van der Waals surface area contributed by atoms with Crippen LogP contribution in [-0.2, 0) is 20.8 Å². The van der Waals surface area contributed by atoms with E-state index in [2.05, 4.69) is 15.5 Å². The molecular formula is C35H45N3O7. The number of rotatable bonds is 16. The van der Waals surface area contributed by atoms with Crippen LogP contribution in [0.3, 0.4) is 0 Å². The fraction of sp³-hybridized carbons (Fsp3) is 0.486. The van der Waals surface area contributed by atoms with Crippen LogP contribution in [-0.4, -0.2) is 68.7 Å². The highest BCUT2D eigenvalue weighted by Gasteiger charge is 2.37. The summed E-state index contributed by atoms with van der Waals surface area (Å²) >= 11 is 0. The first kappa shape index (κ1) is 32.5. The first-order chi connectivity index (χ1) is 22.0. The summed E-state index contributed by atoms with van der Waals surface area (Å²) in [7, 11) is 0. The summed E-state index contributed by atoms with van der Waals surface area (Å²) in [6, 6.07) is 20.4. The number of nitrogens with zero attached hydrogens (tertiary/aromatic N) is 1. The Morgan fingerprint density at radius 1 is 0.956 bits per heavy atom. The zero-order chi connectivity index (χ0) is 31.4. The number of ether oxygens (including phenoxy) is 4. The van der Waals surface area contributed by atoms with Crippen LogP contribution >= 0.6 is 0 Å². The Morgan fingerprint density at radius 3 is 2.42 bits per heavy atom. The van der Waals surface area contributed by atoms with E-state index in [4.69, 9.17) is 23.4 Å². The molecule has 2 bridgehead atoms. The van der Waals surface area contributed by atoms with E-state index in [1.54, 1.807) is 12.1 Å². The summed E-state index contributed by atoms with van der Waals surface area (Å²) in [6.07, 6.45) is 2.81. The lowest BCUT2D eigenvalue weighted by Crippen LogP contribution is -2.52. The largest absolute Gasteiger partial charge is 0.486 e. The van der Waals surface area contributed by atoms with Gasteiger partial charge in [0.25, 0.3) is 5.91 Å². The van der Waals surface area contributed by atoms with Gasteiger partial charge in [-0.2, -0.15) is 0 Å². The summed E-state index contributed by atoms with van der Waals surface area (Å²) in [6.45, 7) is 8.63. The van der Waals surface area contributed by atoms with Crippen molar-refractivity contribution in [3.05, 3.63) is 89.4 Å². The third-order valence-corrected chi connectivity index (χ3v) is 8.31. The van der Waals surface area contributed by atoms with Crippen molar-refractivity contribution >= 4 is 12.0 Å². The summed E-state index contributed by atoms with van der Waals surface area (Å²) in [5.41, 5.74) is 1.80. The molecule has 45 heavy (non-hydrogen) atoms. The normalized spacial score (nSPS) is 19.7. The fourth-order valence-electron chi connectivity index (χ4n) is 6.00. The van der Waals surface area contributed by atoms with E-state index in [0.717, 1.165) is 50.0 Å². The van der Waals surface area contributed by atoms with Crippen molar-refractivity contribution in [3.8, 4) is 5.75 Å². The van der Waals surface area contributed by atoms with Gasteiger partial charge in [-0.25, -0.2) is 4.79 Å². The summed E-state index contributed by atoms with van der Waals surface area (Å²) in [5.74, 6) is 1.51. The molecular weight excluding hydrogens is 574 g/mol. The lowest BCUT2D eigenvalue weighted by molar-refractivity contribution is -0.139. The summed E-state index contributed by atoms with van der Waals surface area (Å²) in [5, 5.41) is 5.98. The van der Waals surface area contributed by atoms with E-state index < -0.39 is 12.1 Å². The molecule has 10 heteroatoms. The summed E-state index contributed by atoms with van der Waals surface area (Å²) in [4.78, 5) is 28.1. The van der Waals surface area contributed by atoms with Gasteiger partial charge in [0.05, 0.1) is 6.04 Å². The molecule has 10 nitrogen and oxygen atoms in total. The average Bonchev–Trinajstić information content (AvgIpc) is 3.55. The molecule has 2 unspecified atom stereocenters. The van der Waals surface area contributed by atoms with E-state index in [1.165, 1.54) is 0 Å². The monoisotopic (exact) mass is 619 g/mol. The van der Waals surface area contributed by atoms with Crippen molar-refractivity contribution < 1.29 is 33.0 Å². The maximum atomic E-state index is 13.1. The molecule has 0 saturated carbocycles. The lowest BCUT2D eigenvalue weighted by Gasteiger charge is -2.43. The van der Waals surface area contributed by atoms with Crippen molar-refractivity contribution in [2.75, 3.05) is 39.4 Å². The number of alkyl carbamates (subject to hydrolysis) is 1. The minimum absolute atomic E-state index is 0.0768. The van der Waals surface area contributed by atoms with Gasteiger partial charge < -0.3 is 34.0 Å². The van der Waals surface area contributed by atoms with Crippen molar-refractivity contribution in [1.82, 2.24) is 15.5 Å². The Hall–Kier alpha value is -3.86. The van der Waals surface area contributed by atoms with Crippen LogP contribution in [0.15, 0.2) is 71.1 Å². The number of carbonyl (C=O) groups is 2. The first-order valence-corrected chi connectivity index (χ1v) is 16.1. The molecule has 242 valence electrons. The zero-order valence-electron chi connectivity index (χ0n) is 26.2. The third kappa shape index (κ3) is 9.32. The van der Waals surface area contributed by atoms with Gasteiger partial charge in [0, 0.05) is 32.7 Å². The van der Waals surface area contributed by atoms with E-state index in [-0.39, 0.29) is 30.7 Å². The quantitative estimate of drug-likeness (QED) is 0.156. The van der Waals surface area contributed by atoms with Gasteiger partial charge in [-0.1, -0.05) is 42.5 Å². The van der Waals surface area contributed by atoms with Crippen LogP contribution in [0.2, 0.25) is 0 Å². The molecule has 4 heterocycles. The minimum atomic E-state index is -0.418. The van der Waals surface area contributed by atoms with Crippen LogP contribution in [0, 0.1) is 5.92 Å². The number of nitrogens with one attached hydrogen (secondary N) is 2. The van der Waals surface area contributed by atoms with Crippen LogP contribution in [0.25, 0.3) is 0 Å². The lowest BCUT2D eigenvalue weighted by atomic mass is 9.86. The molecule has 3 aromatic rings. The van der Waals surface area contributed by atoms with Gasteiger partial charge >= 0.3 is 6.09 Å². The third-order valence-electron chi connectivity index (χ3n) is 8.31. The number of fused-ring (bicyclic) bond motifs is 3. The highest BCUT2D eigenvalue weighted by Crippen LogP contribution is 2.31. The van der Waals surface area contributed by atoms with Crippen molar-refractivity contribution in [2.45, 2.75) is 64.6 Å². The number of benzene rings is 2. The fourth-order valence-corrected chi connectivity index (χ4v) is 6.00. The number of piperidine rings is 3. The minimum Gasteiger partial charge on any atom is -0.486 e. The van der Waals surface area contributed by atoms with E-state index >= 15 is 0 Å². The Morgan fingerprint density at radius 2 is 1.71 bits per heavy atom. The standard InChI is InChI=1S/C35H45N3O7/c1-3-41-32(42-4-2)14-9-19-36-34(39)30-16-15-29(44-30)24-43-28-13-8-12-27(22-28)33(26-10-6-5-7-11-26)37-35(40)45-31-23-38-20-17-25(31)18-21-38/h5-8,10-13,15-16,22,25,31-33H,3-4,9,14,17-21,23-24H2,1-2H3,(H,36,39)(H,37,40). The van der Waals surface area contributed by atoms with Gasteiger partial charge in [0.15, 0.2) is 12.1 Å². The predicted octanol–water partition coefficient (Wildman–Crippen LogP) is 5.68. The average molecular weight is 620 g/mol. The summed E-state index contributed by atoms with van der Waals surface area (Å²) < 4.78 is 28.8. The van der Waals surface area contributed by atoms with Gasteiger partial charge in [0.1, 0.15) is 24.2 Å². The number of furan rings is 1. The number of carbonyl (C=O) groups excluding carboxylic acids is 2. The second-order valence-corrected chi connectivity index (χ2v) is 11.4. The second kappa shape index (κ2) is 16.5. The maximum Gasteiger partial charge on any atom is 0.408 e. The Balaban J connectivity index is 1.15. The maximum absolute atomic E-state index is 13.1. The Labute approximate surface area is 265 Å². The Kier molecular flexibility index (Phi) is 11.9. The molecule has 2 N–H and O–H groups in total. The van der Waals surface area contributed by atoms with Crippen LogP contribution in [0.5, 0.6) is 5.75 Å². The first-order valence-electron chi connectivity index (χ1n) is 16.1. The topological polar surface area (TPSA) is 112 Å². The van der Waals surface area contributed by atoms with Crippen LogP contribution < -0.4 is 15.4 Å². The molecule has 3 aliphatic heterocycles. The molecule has 0 spiro atoms. The van der Waals surface area contributed by atoms with Crippen molar-refractivity contribution in [1.29, 1.82) is 0 Å².